The van der Waals surface area contributed by atoms with Crippen molar-refractivity contribution >= 4 is 33.1 Å². The number of aromatic nitrogens is 2. The molecule has 2 aromatic heterocycles. The lowest BCUT2D eigenvalue weighted by Crippen LogP contribution is -2.13. The number of fused-ring (bicyclic) bond motifs is 1. The first-order valence-electron chi connectivity index (χ1n) is 6.87. The molecule has 0 fully saturated rings. The second-order valence-electron chi connectivity index (χ2n) is 4.84. The molecule has 1 aromatic carbocycles. The number of rotatable bonds is 5. The van der Waals surface area contributed by atoms with Gasteiger partial charge in [-0.25, -0.2) is 14.4 Å². The largest absolute Gasteiger partial charge is 0.491 e. The third-order valence-corrected chi connectivity index (χ3v) is 3.99. The van der Waals surface area contributed by atoms with Crippen LogP contribution in [0.5, 0.6) is 5.75 Å². The van der Waals surface area contributed by atoms with Gasteiger partial charge in [-0.1, -0.05) is 0 Å². The van der Waals surface area contributed by atoms with Crippen LogP contribution < -0.4 is 10.1 Å². The Hall–Kier alpha value is -2.42. The van der Waals surface area contributed by atoms with E-state index in [0.29, 0.717) is 11.5 Å². The summed E-state index contributed by atoms with van der Waals surface area (Å²) in [7, 11) is 0. The Morgan fingerprint density at radius 1 is 1.17 bits per heavy atom. The summed E-state index contributed by atoms with van der Waals surface area (Å²) in [6, 6.07) is 5.43. The average Bonchev–Trinajstić information content (AvgIpc) is 2.98. The van der Waals surface area contributed by atoms with Gasteiger partial charge in [-0.3, -0.25) is 0 Å². The van der Waals surface area contributed by atoms with Crippen LogP contribution in [0, 0.1) is 5.82 Å². The fourth-order valence-electron chi connectivity index (χ4n) is 2.00. The van der Waals surface area contributed by atoms with Crippen molar-refractivity contribution in [1.82, 2.24) is 9.97 Å². The number of thiophene rings is 1. The number of nitrogens with one attached hydrogen (secondary N) is 1. The Kier molecular flexibility index (Phi) is 4.52. The molecule has 0 aliphatic heterocycles. The monoisotopic (exact) mass is 357 g/mol. The lowest BCUT2D eigenvalue weighted by molar-refractivity contribution is -0.139. The van der Waals surface area contributed by atoms with Gasteiger partial charge >= 0.3 is 6.18 Å². The minimum absolute atomic E-state index is 0.0115. The number of alkyl halides is 3. The SMILES string of the molecule is Fc1ccc(Nc2ncnc3ccsc23)c(OCCC(F)(F)F)c1. The molecule has 0 radical (unpaired) electrons. The number of anilines is 2. The quantitative estimate of drug-likeness (QED) is 0.660. The average molecular weight is 357 g/mol. The number of hydrogen-bond donors (Lipinski definition) is 1. The molecule has 0 amide bonds. The molecule has 126 valence electrons. The normalized spacial score (nSPS) is 11.7. The van der Waals surface area contributed by atoms with Gasteiger partial charge < -0.3 is 10.1 Å². The minimum Gasteiger partial charge on any atom is -0.491 e. The maximum absolute atomic E-state index is 13.4. The zero-order chi connectivity index (χ0) is 17.2. The summed E-state index contributed by atoms with van der Waals surface area (Å²) in [5.74, 6) is -0.142. The van der Waals surface area contributed by atoms with Crippen LogP contribution >= 0.6 is 11.3 Å². The van der Waals surface area contributed by atoms with E-state index in [9.17, 15) is 17.6 Å². The molecule has 0 saturated carbocycles. The van der Waals surface area contributed by atoms with Gasteiger partial charge in [0.25, 0.3) is 0 Å². The molecule has 0 spiro atoms. The molecule has 0 aliphatic carbocycles. The smallest absolute Gasteiger partial charge is 0.392 e. The van der Waals surface area contributed by atoms with Gasteiger partial charge in [-0.2, -0.15) is 13.2 Å². The molecule has 0 unspecified atom stereocenters. The lowest BCUT2D eigenvalue weighted by atomic mass is 10.2. The summed E-state index contributed by atoms with van der Waals surface area (Å²) >= 11 is 1.41. The first kappa shape index (κ1) is 16.4. The second kappa shape index (κ2) is 6.60. The standard InChI is InChI=1S/C15H11F4N3OS/c16-9-1-2-10(12(7-9)23-5-4-15(17,18)19)22-14-13-11(3-6-24-13)20-8-21-14/h1-3,6-8H,4-5H2,(H,20,21,22). The van der Waals surface area contributed by atoms with Gasteiger partial charge in [0.2, 0.25) is 0 Å². The fraction of sp³-hybridized carbons (Fsp3) is 0.200. The van der Waals surface area contributed by atoms with E-state index in [-0.39, 0.29) is 5.75 Å². The van der Waals surface area contributed by atoms with E-state index in [1.54, 1.807) is 0 Å². The van der Waals surface area contributed by atoms with E-state index in [1.807, 2.05) is 11.4 Å². The zero-order valence-corrected chi connectivity index (χ0v) is 12.9. The van der Waals surface area contributed by atoms with Crippen molar-refractivity contribution in [3.8, 4) is 5.75 Å². The maximum atomic E-state index is 13.4. The molecule has 0 aliphatic rings. The van der Waals surface area contributed by atoms with Crippen molar-refractivity contribution in [1.29, 1.82) is 0 Å². The van der Waals surface area contributed by atoms with E-state index >= 15 is 0 Å². The highest BCUT2D eigenvalue weighted by Gasteiger charge is 2.27. The lowest BCUT2D eigenvalue weighted by Gasteiger charge is -2.14. The molecular formula is C15H11F4N3OS. The molecule has 2 heterocycles. The Morgan fingerprint density at radius 3 is 2.79 bits per heavy atom. The van der Waals surface area contributed by atoms with Gasteiger partial charge in [0, 0.05) is 6.07 Å². The van der Waals surface area contributed by atoms with Gasteiger partial charge in [-0.05, 0) is 23.6 Å². The Balaban J connectivity index is 1.84. The maximum Gasteiger partial charge on any atom is 0.392 e. The Labute approximate surface area is 138 Å². The van der Waals surface area contributed by atoms with E-state index in [0.717, 1.165) is 16.3 Å². The van der Waals surface area contributed by atoms with Crippen molar-refractivity contribution in [2.45, 2.75) is 12.6 Å². The highest BCUT2D eigenvalue weighted by molar-refractivity contribution is 7.17. The third-order valence-electron chi connectivity index (χ3n) is 3.08. The second-order valence-corrected chi connectivity index (χ2v) is 5.75. The van der Waals surface area contributed by atoms with Crippen LogP contribution in [0.2, 0.25) is 0 Å². The summed E-state index contributed by atoms with van der Waals surface area (Å²) in [5.41, 5.74) is 1.06. The molecule has 0 bridgehead atoms. The first-order valence-corrected chi connectivity index (χ1v) is 7.75. The summed E-state index contributed by atoms with van der Waals surface area (Å²) in [4.78, 5) is 8.22. The number of nitrogens with zero attached hydrogens (tertiary/aromatic N) is 2. The van der Waals surface area contributed by atoms with Crippen molar-refractivity contribution < 1.29 is 22.3 Å². The Bertz CT molecular complexity index is 850. The number of ether oxygens (including phenoxy) is 1. The summed E-state index contributed by atoms with van der Waals surface area (Å²) in [5, 5.41) is 4.81. The molecule has 9 heteroatoms. The van der Waals surface area contributed by atoms with Crippen molar-refractivity contribution in [2.75, 3.05) is 11.9 Å². The number of benzene rings is 1. The van der Waals surface area contributed by atoms with Crippen molar-refractivity contribution in [3.63, 3.8) is 0 Å². The molecule has 3 rings (SSSR count). The van der Waals surface area contributed by atoms with Crippen LogP contribution in [0.3, 0.4) is 0 Å². The molecule has 0 saturated heterocycles. The zero-order valence-electron chi connectivity index (χ0n) is 12.1. The van der Waals surface area contributed by atoms with E-state index in [2.05, 4.69) is 15.3 Å². The third kappa shape index (κ3) is 3.91. The van der Waals surface area contributed by atoms with Gasteiger partial charge in [-0.15, -0.1) is 11.3 Å². The van der Waals surface area contributed by atoms with Gasteiger partial charge in [0.1, 0.15) is 17.9 Å². The molecular weight excluding hydrogens is 346 g/mol. The summed E-state index contributed by atoms with van der Waals surface area (Å²) in [6.45, 7) is -0.597. The number of hydrogen-bond acceptors (Lipinski definition) is 5. The molecule has 1 N–H and O–H groups in total. The van der Waals surface area contributed by atoms with Crippen LogP contribution in [0.4, 0.5) is 29.1 Å². The van der Waals surface area contributed by atoms with Crippen LogP contribution in [0.1, 0.15) is 6.42 Å². The molecule has 24 heavy (non-hydrogen) atoms. The van der Waals surface area contributed by atoms with Crippen LogP contribution in [0.15, 0.2) is 36.0 Å². The Morgan fingerprint density at radius 2 is 2.00 bits per heavy atom. The van der Waals surface area contributed by atoms with E-state index in [4.69, 9.17) is 4.74 Å². The van der Waals surface area contributed by atoms with Crippen molar-refractivity contribution in [3.05, 3.63) is 41.8 Å². The van der Waals surface area contributed by atoms with E-state index in [1.165, 1.54) is 29.8 Å². The van der Waals surface area contributed by atoms with Crippen LogP contribution in [-0.4, -0.2) is 22.8 Å². The topological polar surface area (TPSA) is 47.0 Å². The van der Waals surface area contributed by atoms with Crippen LogP contribution in [-0.2, 0) is 0 Å². The van der Waals surface area contributed by atoms with Crippen LogP contribution in [0.25, 0.3) is 10.2 Å². The highest BCUT2D eigenvalue weighted by Crippen LogP contribution is 2.33. The van der Waals surface area contributed by atoms with E-state index < -0.39 is 25.0 Å². The van der Waals surface area contributed by atoms with Gasteiger partial charge in [0.05, 0.1) is 28.9 Å². The predicted molar refractivity (Wildman–Crippen MR) is 83.3 cm³/mol. The molecule has 0 atom stereocenters. The predicted octanol–water partition coefficient (Wildman–Crippen LogP) is 4.91. The number of halogens is 4. The fourth-order valence-corrected chi connectivity index (χ4v) is 2.79. The first-order chi connectivity index (χ1) is 11.4. The highest BCUT2D eigenvalue weighted by atomic mass is 32.1. The van der Waals surface area contributed by atoms with Crippen molar-refractivity contribution in [2.24, 2.45) is 0 Å². The molecule has 4 nitrogen and oxygen atoms in total. The molecule has 3 aromatic rings. The summed E-state index contributed by atoms with van der Waals surface area (Å²) < 4.78 is 56.0. The minimum atomic E-state index is -4.34. The summed E-state index contributed by atoms with van der Waals surface area (Å²) in [6.07, 6.45) is -4.09. The van der Waals surface area contributed by atoms with Gasteiger partial charge in [0.15, 0.2) is 5.82 Å².